The number of carbonyl (C=O) groups excluding carboxylic acids is 1. The number of piperidine rings is 1. The summed E-state index contributed by atoms with van der Waals surface area (Å²) >= 11 is 0. The molecule has 4 rings (SSSR count). The Morgan fingerprint density at radius 1 is 1.23 bits per heavy atom. The van der Waals surface area contributed by atoms with Gasteiger partial charge in [-0.05, 0) is 18.2 Å². The molecule has 5 nitrogen and oxygen atoms in total. The zero-order chi connectivity index (χ0) is 18.0. The van der Waals surface area contributed by atoms with Crippen LogP contribution in [0.1, 0.15) is 43.5 Å². The molecule has 2 aliphatic heterocycles. The van der Waals surface area contributed by atoms with Gasteiger partial charge in [0.25, 0.3) is 0 Å². The minimum absolute atomic E-state index is 0.154. The van der Waals surface area contributed by atoms with Crippen LogP contribution in [0.25, 0.3) is 0 Å². The second-order valence-electron chi connectivity index (χ2n) is 7.29. The largest absolute Gasteiger partial charge is 0.487 e. The molecule has 136 valence electrons. The van der Waals surface area contributed by atoms with Crippen LogP contribution < -0.4 is 10.1 Å². The molecule has 3 heterocycles. The molecule has 1 unspecified atom stereocenters. The van der Waals surface area contributed by atoms with Crippen LogP contribution in [0.5, 0.6) is 5.75 Å². The molecule has 2 aromatic rings. The molecule has 1 spiro atoms. The van der Waals surface area contributed by atoms with Gasteiger partial charge in [0, 0.05) is 63.6 Å². The fraction of sp³-hybridized carbons (Fsp3) is 0.429. The van der Waals surface area contributed by atoms with Crippen LogP contribution in [-0.4, -0.2) is 34.5 Å². The van der Waals surface area contributed by atoms with E-state index in [0.717, 1.165) is 50.3 Å². The summed E-state index contributed by atoms with van der Waals surface area (Å²) in [4.78, 5) is 18.0. The lowest BCUT2D eigenvalue weighted by Gasteiger charge is -2.47. The van der Waals surface area contributed by atoms with Crippen LogP contribution in [0.3, 0.4) is 0 Å². The van der Waals surface area contributed by atoms with Gasteiger partial charge in [-0.25, -0.2) is 0 Å². The van der Waals surface area contributed by atoms with Crippen LogP contribution >= 0.6 is 0 Å². The summed E-state index contributed by atoms with van der Waals surface area (Å²) in [5.74, 6) is 1.12. The van der Waals surface area contributed by atoms with Gasteiger partial charge in [0.15, 0.2) is 0 Å². The number of ether oxygens (including phenoxy) is 1. The van der Waals surface area contributed by atoms with E-state index in [1.807, 2.05) is 35.4 Å². The Balaban J connectivity index is 1.53. The molecule has 5 heteroatoms. The molecule has 26 heavy (non-hydrogen) atoms. The van der Waals surface area contributed by atoms with Crippen molar-refractivity contribution in [3.05, 3.63) is 59.9 Å². The smallest absolute Gasteiger partial charge is 0.219 e. The van der Waals surface area contributed by atoms with Crippen LogP contribution in [-0.2, 0) is 11.3 Å². The molecule has 1 atom stereocenters. The normalized spacial score (nSPS) is 21.1. The number of pyridine rings is 1. The van der Waals surface area contributed by atoms with Crippen LogP contribution in [0.2, 0.25) is 0 Å². The highest BCUT2D eigenvalue weighted by Crippen LogP contribution is 2.44. The van der Waals surface area contributed by atoms with E-state index in [2.05, 4.69) is 28.5 Å². The van der Waals surface area contributed by atoms with Crippen LogP contribution in [0, 0.1) is 0 Å². The summed E-state index contributed by atoms with van der Waals surface area (Å²) in [5, 5.41) is 3.68. The number of carbonyl (C=O) groups is 1. The van der Waals surface area contributed by atoms with Gasteiger partial charge in [-0.3, -0.25) is 9.78 Å². The van der Waals surface area contributed by atoms with Crippen molar-refractivity contribution < 1.29 is 9.53 Å². The first-order chi connectivity index (χ1) is 12.7. The van der Waals surface area contributed by atoms with Crippen molar-refractivity contribution in [1.82, 2.24) is 15.2 Å². The number of hydrogen-bond acceptors (Lipinski definition) is 4. The molecule has 1 aromatic carbocycles. The van der Waals surface area contributed by atoms with E-state index in [4.69, 9.17) is 4.74 Å². The second kappa shape index (κ2) is 7.08. The SMILES string of the molecule is CC(=O)N1CCC2(CC1)CC(NCc1ccccn1)c1ccccc1O2. The lowest BCUT2D eigenvalue weighted by Crippen LogP contribution is -2.52. The predicted octanol–water partition coefficient (Wildman–Crippen LogP) is 3.08. The average Bonchev–Trinajstić information content (AvgIpc) is 2.67. The first-order valence-corrected chi connectivity index (χ1v) is 9.32. The Hall–Kier alpha value is -2.40. The summed E-state index contributed by atoms with van der Waals surface area (Å²) in [6, 6.07) is 14.5. The molecular weight excluding hydrogens is 326 g/mol. The van der Waals surface area contributed by atoms with Gasteiger partial charge in [0.1, 0.15) is 11.4 Å². The van der Waals surface area contributed by atoms with Crippen molar-refractivity contribution in [2.75, 3.05) is 13.1 Å². The van der Waals surface area contributed by atoms with Crippen LogP contribution in [0.4, 0.5) is 0 Å². The Morgan fingerprint density at radius 3 is 2.73 bits per heavy atom. The Labute approximate surface area is 154 Å². The topological polar surface area (TPSA) is 54.5 Å². The van der Waals surface area contributed by atoms with Gasteiger partial charge in [-0.15, -0.1) is 0 Å². The summed E-state index contributed by atoms with van der Waals surface area (Å²) in [6.45, 7) is 3.91. The second-order valence-corrected chi connectivity index (χ2v) is 7.29. The zero-order valence-electron chi connectivity index (χ0n) is 15.1. The number of nitrogens with zero attached hydrogens (tertiary/aromatic N) is 2. The average molecular weight is 351 g/mol. The van der Waals surface area contributed by atoms with E-state index in [1.54, 1.807) is 6.92 Å². The summed E-state index contributed by atoms with van der Waals surface area (Å²) in [6.07, 6.45) is 4.50. The lowest BCUT2D eigenvalue weighted by molar-refractivity contribution is -0.133. The standard InChI is InChI=1S/C21H25N3O2/c1-16(25)24-12-9-21(10-13-24)14-19(18-7-2-3-8-20(18)26-21)23-15-17-6-4-5-11-22-17/h2-8,11,19,23H,9-10,12-15H2,1H3. The summed E-state index contributed by atoms with van der Waals surface area (Å²) in [5.41, 5.74) is 2.06. The highest BCUT2D eigenvalue weighted by molar-refractivity contribution is 5.73. The number of hydrogen-bond donors (Lipinski definition) is 1. The third-order valence-corrected chi connectivity index (χ3v) is 5.57. The predicted molar refractivity (Wildman–Crippen MR) is 99.7 cm³/mol. The molecule has 1 aromatic heterocycles. The zero-order valence-corrected chi connectivity index (χ0v) is 15.1. The maximum absolute atomic E-state index is 11.7. The molecule has 1 N–H and O–H groups in total. The number of amides is 1. The first kappa shape index (κ1) is 17.0. The summed E-state index contributed by atoms with van der Waals surface area (Å²) < 4.78 is 6.48. The third kappa shape index (κ3) is 3.44. The van der Waals surface area contributed by atoms with Gasteiger partial charge >= 0.3 is 0 Å². The van der Waals surface area contributed by atoms with Gasteiger partial charge in [-0.2, -0.15) is 0 Å². The summed E-state index contributed by atoms with van der Waals surface area (Å²) in [7, 11) is 0. The maximum atomic E-state index is 11.7. The number of nitrogens with one attached hydrogen (secondary N) is 1. The van der Waals surface area contributed by atoms with E-state index in [1.165, 1.54) is 5.56 Å². The molecule has 0 saturated carbocycles. The molecule has 0 radical (unpaired) electrons. The molecule has 2 aliphatic rings. The minimum Gasteiger partial charge on any atom is -0.487 e. The highest BCUT2D eigenvalue weighted by atomic mass is 16.5. The van der Waals surface area contributed by atoms with E-state index in [0.29, 0.717) is 0 Å². The molecule has 0 aliphatic carbocycles. The molecule has 1 saturated heterocycles. The van der Waals surface area contributed by atoms with Crippen molar-refractivity contribution in [2.45, 2.75) is 44.4 Å². The number of aromatic nitrogens is 1. The van der Waals surface area contributed by atoms with Crippen molar-refractivity contribution in [2.24, 2.45) is 0 Å². The Kier molecular flexibility index (Phi) is 4.64. The monoisotopic (exact) mass is 351 g/mol. The van der Waals surface area contributed by atoms with Gasteiger partial charge in [0.2, 0.25) is 5.91 Å². The Bertz CT molecular complexity index is 770. The molecule has 1 fully saturated rings. The number of para-hydroxylation sites is 1. The Morgan fingerprint density at radius 2 is 2.00 bits per heavy atom. The van der Waals surface area contributed by atoms with Crippen molar-refractivity contribution >= 4 is 5.91 Å². The fourth-order valence-corrected chi connectivity index (χ4v) is 4.07. The lowest BCUT2D eigenvalue weighted by atomic mass is 9.80. The number of likely N-dealkylation sites (tertiary alicyclic amines) is 1. The van der Waals surface area contributed by atoms with E-state index in [9.17, 15) is 4.79 Å². The van der Waals surface area contributed by atoms with Gasteiger partial charge < -0.3 is 15.0 Å². The van der Waals surface area contributed by atoms with Crippen LogP contribution in [0.15, 0.2) is 48.7 Å². The first-order valence-electron chi connectivity index (χ1n) is 9.32. The molecule has 0 bridgehead atoms. The minimum atomic E-state index is -0.192. The van der Waals surface area contributed by atoms with Gasteiger partial charge in [-0.1, -0.05) is 24.3 Å². The third-order valence-electron chi connectivity index (χ3n) is 5.57. The van der Waals surface area contributed by atoms with Gasteiger partial charge in [0.05, 0.1) is 5.69 Å². The maximum Gasteiger partial charge on any atom is 0.219 e. The van der Waals surface area contributed by atoms with E-state index in [-0.39, 0.29) is 17.6 Å². The quantitative estimate of drug-likeness (QED) is 0.923. The van der Waals surface area contributed by atoms with Crippen molar-refractivity contribution in [1.29, 1.82) is 0 Å². The molecule has 1 amide bonds. The number of benzene rings is 1. The molecular formula is C21H25N3O2. The van der Waals surface area contributed by atoms with E-state index >= 15 is 0 Å². The van der Waals surface area contributed by atoms with E-state index < -0.39 is 0 Å². The highest BCUT2D eigenvalue weighted by Gasteiger charge is 2.43. The fourth-order valence-electron chi connectivity index (χ4n) is 4.07. The number of rotatable bonds is 3. The van der Waals surface area contributed by atoms with Crippen molar-refractivity contribution in [3.63, 3.8) is 0 Å². The van der Waals surface area contributed by atoms with Crippen molar-refractivity contribution in [3.8, 4) is 5.75 Å². The number of fused-ring (bicyclic) bond motifs is 1.